The first-order valence-electron chi connectivity index (χ1n) is 9.59. The summed E-state index contributed by atoms with van der Waals surface area (Å²) in [6.45, 7) is 5.50. The van der Waals surface area contributed by atoms with Crippen LogP contribution in [0.15, 0.2) is 12.3 Å². The molecule has 0 unspecified atom stereocenters. The van der Waals surface area contributed by atoms with Crippen LogP contribution in [-0.2, 0) is 15.7 Å². The summed E-state index contributed by atoms with van der Waals surface area (Å²) in [5, 5.41) is 0. The van der Waals surface area contributed by atoms with Crippen LogP contribution < -0.4 is 15.5 Å². The number of rotatable bonds is 3. The highest BCUT2D eigenvalue weighted by Crippen LogP contribution is 2.37. The minimum Gasteiger partial charge on any atom is -0.384 e. The fourth-order valence-corrected chi connectivity index (χ4v) is 3.40. The average molecular weight is 425 g/mol. The summed E-state index contributed by atoms with van der Waals surface area (Å²) in [6.07, 6.45) is -3.62. The number of hydrogen-bond donors (Lipinski definition) is 1. The molecule has 2 fully saturated rings. The molecule has 4 rings (SSSR count). The zero-order chi connectivity index (χ0) is 21.3. The van der Waals surface area contributed by atoms with Crippen LogP contribution in [0.5, 0.6) is 0 Å². The summed E-state index contributed by atoms with van der Waals surface area (Å²) in [5.41, 5.74) is 4.33. The smallest absolute Gasteiger partial charge is 0.384 e. The number of anilines is 3. The summed E-state index contributed by atoms with van der Waals surface area (Å²) in [6, 6.07) is 0.796. The van der Waals surface area contributed by atoms with Gasteiger partial charge in [0, 0.05) is 32.4 Å². The Morgan fingerprint density at radius 3 is 2.37 bits per heavy atom. The molecule has 4 heterocycles. The van der Waals surface area contributed by atoms with E-state index in [9.17, 15) is 13.2 Å². The molecule has 12 heteroatoms. The van der Waals surface area contributed by atoms with Gasteiger partial charge in [-0.05, 0) is 13.0 Å². The molecular formula is C18H22F3N7O2. The van der Waals surface area contributed by atoms with Crippen molar-refractivity contribution in [2.45, 2.75) is 19.2 Å². The number of alkyl halides is 3. The molecule has 0 aliphatic carbocycles. The van der Waals surface area contributed by atoms with Gasteiger partial charge in [0.15, 0.2) is 5.82 Å². The van der Waals surface area contributed by atoms with Crippen molar-refractivity contribution in [3.63, 3.8) is 0 Å². The van der Waals surface area contributed by atoms with E-state index in [2.05, 4.69) is 19.9 Å². The number of morpholine rings is 2. The van der Waals surface area contributed by atoms with Crippen LogP contribution in [0.2, 0.25) is 0 Å². The van der Waals surface area contributed by atoms with E-state index >= 15 is 0 Å². The van der Waals surface area contributed by atoms with E-state index < -0.39 is 11.7 Å². The molecule has 2 saturated heterocycles. The van der Waals surface area contributed by atoms with E-state index in [0.717, 1.165) is 12.3 Å². The lowest BCUT2D eigenvalue weighted by Crippen LogP contribution is -2.43. The van der Waals surface area contributed by atoms with Crippen molar-refractivity contribution in [1.29, 1.82) is 0 Å². The molecule has 0 radical (unpaired) electrons. The van der Waals surface area contributed by atoms with Gasteiger partial charge in [-0.25, -0.2) is 4.98 Å². The lowest BCUT2D eigenvalue weighted by molar-refractivity contribution is -0.137. The molecule has 30 heavy (non-hydrogen) atoms. The number of hydrogen-bond acceptors (Lipinski definition) is 9. The molecule has 0 amide bonds. The van der Waals surface area contributed by atoms with E-state index in [-0.39, 0.29) is 23.3 Å². The fraction of sp³-hybridized carbons (Fsp3) is 0.556. The van der Waals surface area contributed by atoms with Gasteiger partial charge in [0.25, 0.3) is 0 Å². The predicted molar refractivity (Wildman–Crippen MR) is 103 cm³/mol. The number of ether oxygens (including phenoxy) is 2. The van der Waals surface area contributed by atoms with Gasteiger partial charge in [-0.15, -0.1) is 0 Å². The Kier molecular flexibility index (Phi) is 5.60. The molecule has 0 spiro atoms. The van der Waals surface area contributed by atoms with Gasteiger partial charge in [-0.3, -0.25) is 0 Å². The molecule has 2 N–H and O–H groups in total. The number of nitrogen functional groups attached to an aromatic ring is 1. The Labute approximate surface area is 171 Å². The maximum atomic E-state index is 13.7. The van der Waals surface area contributed by atoms with E-state index in [1.54, 1.807) is 0 Å². The van der Waals surface area contributed by atoms with Crippen LogP contribution in [-0.4, -0.2) is 72.0 Å². The lowest BCUT2D eigenvalue weighted by Gasteiger charge is -2.32. The molecular weight excluding hydrogens is 403 g/mol. The van der Waals surface area contributed by atoms with Gasteiger partial charge < -0.3 is 25.0 Å². The molecule has 9 nitrogen and oxygen atoms in total. The van der Waals surface area contributed by atoms with Crippen LogP contribution in [0.1, 0.15) is 12.5 Å². The Morgan fingerprint density at radius 1 is 1.03 bits per heavy atom. The van der Waals surface area contributed by atoms with Crippen LogP contribution in [0.3, 0.4) is 0 Å². The summed E-state index contributed by atoms with van der Waals surface area (Å²) in [5.74, 6) is 0.292. The van der Waals surface area contributed by atoms with Crippen molar-refractivity contribution in [2.75, 3.05) is 61.5 Å². The van der Waals surface area contributed by atoms with Gasteiger partial charge in [-0.2, -0.15) is 28.1 Å². The van der Waals surface area contributed by atoms with Crippen LogP contribution in [0.25, 0.3) is 11.4 Å². The minimum absolute atomic E-state index is 0.0465. The van der Waals surface area contributed by atoms with Crippen LogP contribution in [0, 0.1) is 0 Å². The minimum atomic E-state index is -4.63. The molecule has 2 aliphatic heterocycles. The first-order valence-corrected chi connectivity index (χ1v) is 9.59. The van der Waals surface area contributed by atoms with Crippen molar-refractivity contribution in [2.24, 2.45) is 0 Å². The second-order valence-electron chi connectivity index (χ2n) is 7.14. The average Bonchev–Trinajstić information content (AvgIpc) is 2.73. The lowest BCUT2D eigenvalue weighted by atomic mass is 10.1. The van der Waals surface area contributed by atoms with Crippen LogP contribution >= 0.6 is 0 Å². The predicted octanol–water partition coefficient (Wildman–Crippen LogP) is 1.60. The monoisotopic (exact) mass is 425 g/mol. The number of halogens is 3. The Bertz CT molecular complexity index is 906. The van der Waals surface area contributed by atoms with Gasteiger partial charge in [-0.1, -0.05) is 0 Å². The highest BCUT2D eigenvalue weighted by molar-refractivity contribution is 5.64. The topological polar surface area (TPSA) is 103 Å². The third kappa shape index (κ3) is 4.38. The number of pyridine rings is 1. The summed E-state index contributed by atoms with van der Waals surface area (Å²) >= 11 is 0. The van der Waals surface area contributed by atoms with Gasteiger partial charge >= 0.3 is 6.18 Å². The van der Waals surface area contributed by atoms with Crippen molar-refractivity contribution in [3.8, 4) is 11.4 Å². The Hall–Kier alpha value is -2.73. The van der Waals surface area contributed by atoms with Crippen molar-refractivity contribution in [1.82, 2.24) is 19.9 Å². The van der Waals surface area contributed by atoms with Gasteiger partial charge in [0.05, 0.1) is 37.1 Å². The quantitative estimate of drug-likeness (QED) is 0.785. The normalized spacial score (nSPS) is 20.5. The molecule has 2 aliphatic rings. The van der Waals surface area contributed by atoms with Gasteiger partial charge in [0.1, 0.15) is 5.82 Å². The summed E-state index contributed by atoms with van der Waals surface area (Å²) in [7, 11) is 0. The van der Waals surface area contributed by atoms with Crippen LogP contribution in [0.4, 0.5) is 30.9 Å². The van der Waals surface area contributed by atoms with E-state index in [4.69, 9.17) is 15.2 Å². The SMILES string of the molecule is C[C@H]1CN(c2nc(-c3cnc(N)cc3C(F)(F)F)nc(N3CCOCC3)n2)CCO1. The maximum Gasteiger partial charge on any atom is 0.417 e. The second-order valence-corrected chi connectivity index (χ2v) is 7.14. The van der Waals surface area contributed by atoms with Crippen molar-refractivity contribution in [3.05, 3.63) is 17.8 Å². The Morgan fingerprint density at radius 2 is 1.70 bits per heavy atom. The largest absolute Gasteiger partial charge is 0.417 e. The van der Waals surface area contributed by atoms with Gasteiger partial charge in [0.2, 0.25) is 11.9 Å². The van der Waals surface area contributed by atoms with E-state index in [0.29, 0.717) is 57.9 Å². The molecule has 162 valence electrons. The molecule has 0 saturated carbocycles. The summed E-state index contributed by atoms with van der Waals surface area (Å²) < 4.78 is 51.9. The third-order valence-electron chi connectivity index (χ3n) is 4.90. The highest BCUT2D eigenvalue weighted by atomic mass is 19.4. The summed E-state index contributed by atoms with van der Waals surface area (Å²) in [4.78, 5) is 20.9. The van der Waals surface area contributed by atoms with E-state index in [1.807, 2.05) is 16.7 Å². The zero-order valence-corrected chi connectivity index (χ0v) is 16.4. The highest BCUT2D eigenvalue weighted by Gasteiger charge is 2.36. The first-order chi connectivity index (χ1) is 14.3. The third-order valence-corrected chi connectivity index (χ3v) is 4.90. The van der Waals surface area contributed by atoms with Crippen molar-refractivity contribution >= 4 is 17.7 Å². The maximum absolute atomic E-state index is 13.7. The molecule has 1 atom stereocenters. The first kappa shape index (κ1) is 20.5. The number of aromatic nitrogens is 4. The number of nitrogens with two attached hydrogens (primary N) is 1. The Balaban J connectivity index is 1.82. The molecule has 0 bridgehead atoms. The standard InChI is InChI=1S/C18H22F3N7O2/c1-11-10-28(4-7-30-11)17-25-15(24-16(26-17)27-2-5-29-6-3-27)12-9-23-14(22)8-13(12)18(19,20)21/h8-9,11H,2-7,10H2,1H3,(H2,22,23)/t11-/m0/s1. The molecule has 2 aromatic heterocycles. The van der Waals surface area contributed by atoms with E-state index in [1.165, 1.54) is 0 Å². The second kappa shape index (κ2) is 8.19. The molecule has 2 aromatic rings. The fourth-order valence-electron chi connectivity index (χ4n) is 3.40. The zero-order valence-electron chi connectivity index (χ0n) is 16.4. The van der Waals surface area contributed by atoms with Crippen molar-refractivity contribution < 1.29 is 22.6 Å². The number of nitrogens with zero attached hydrogens (tertiary/aromatic N) is 6. The molecule has 0 aromatic carbocycles.